The molecule has 0 aromatic carbocycles. The van der Waals surface area contributed by atoms with Crippen LogP contribution in [0.1, 0.15) is 40.8 Å². The fourth-order valence-corrected chi connectivity index (χ4v) is 2.64. The van der Waals surface area contributed by atoms with Crippen molar-refractivity contribution in [1.29, 1.82) is 0 Å². The van der Waals surface area contributed by atoms with Gasteiger partial charge in [0, 0.05) is 27.7 Å². The molecule has 1 unspecified atom stereocenters. The topological polar surface area (TPSA) is 97.7 Å². The molecular formula is C14H19N5O4. The van der Waals surface area contributed by atoms with E-state index in [-0.39, 0.29) is 18.6 Å². The van der Waals surface area contributed by atoms with Crippen molar-refractivity contribution < 1.29 is 18.6 Å². The summed E-state index contributed by atoms with van der Waals surface area (Å²) in [5, 5.41) is 7.73. The van der Waals surface area contributed by atoms with Crippen molar-refractivity contribution in [3.63, 3.8) is 0 Å². The Hall–Kier alpha value is -2.42. The lowest BCUT2D eigenvalue weighted by Gasteiger charge is -2.21. The zero-order valence-corrected chi connectivity index (χ0v) is 13.4. The summed E-state index contributed by atoms with van der Waals surface area (Å²) in [7, 11) is 5.21. The molecule has 0 N–H and O–H groups in total. The van der Waals surface area contributed by atoms with E-state index in [1.807, 2.05) is 14.1 Å². The number of ether oxygens (including phenoxy) is 1. The molecule has 1 saturated heterocycles. The van der Waals surface area contributed by atoms with Crippen molar-refractivity contribution in [1.82, 2.24) is 20.2 Å². The highest BCUT2D eigenvalue weighted by Crippen LogP contribution is 2.33. The summed E-state index contributed by atoms with van der Waals surface area (Å²) in [6.45, 7) is 0.849. The second kappa shape index (κ2) is 6.37. The number of anilines is 1. The maximum absolute atomic E-state index is 12.8. The average Bonchev–Trinajstić information content (AvgIpc) is 3.26. The Balaban J connectivity index is 1.83. The first-order valence-corrected chi connectivity index (χ1v) is 7.36. The number of amides is 1. The number of methoxy groups -OCH3 is 1. The Bertz CT molecular complexity index is 680. The third-order valence-electron chi connectivity index (χ3n) is 3.79. The zero-order valence-electron chi connectivity index (χ0n) is 13.4. The Kier molecular flexibility index (Phi) is 4.28. The van der Waals surface area contributed by atoms with Crippen LogP contribution in [0, 0.1) is 0 Å². The first kappa shape index (κ1) is 15.5. The number of hydrogen-bond acceptors (Lipinski definition) is 8. The highest BCUT2D eigenvalue weighted by atomic mass is 16.5. The number of rotatable bonds is 5. The third kappa shape index (κ3) is 2.91. The summed E-state index contributed by atoms with van der Waals surface area (Å²) >= 11 is 0. The monoisotopic (exact) mass is 321 g/mol. The number of nitrogens with zero attached hydrogens (tertiary/aromatic N) is 5. The van der Waals surface area contributed by atoms with Crippen LogP contribution in [-0.2, 0) is 11.3 Å². The molecule has 1 aliphatic heterocycles. The fourth-order valence-electron chi connectivity index (χ4n) is 2.64. The number of aromatic nitrogens is 3. The van der Waals surface area contributed by atoms with Crippen LogP contribution in [0.5, 0.6) is 0 Å². The van der Waals surface area contributed by atoms with E-state index < -0.39 is 0 Å². The van der Waals surface area contributed by atoms with Crippen molar-refractivity contribution in [3.8, 4) is 0 Å². The van der Waals surface area contributed by atoms with Crippen LogP contribution in [0.25, 0.3) is 0 Å². The molecule has 124 valence electrons. The highest BCUT2D eigenvalue weighted by molar-refractivity contribution is 5.95. The van der Waals surface area contributed by atoms with Gasteiger partial charge in [-0.05, 0) is 18.0 Å². The summed E-state index contributed by atoms with van der Waals surface area (Å²) in [6, 6.07) is -0.228. The summed E-state index contributed by atoms with van der Waals surface area (Å²) in [5.41, 5.74) is 0.897. The van der Waals surface area contributed by atoms with Crippen LogP contribution >= 0.6 is 0 Å². The molecule has 3 heterocycles. The molecule has 1 fully saturated rings. The molecule has 1 aliphatic rings. The van der Waals surface area contributed by atoms with Crippen LogP contribution in [0.4, 0.5) is 5.95 Å². The van der Waals surface area contributed by atoms with Gasteiger partial charge in [-0.3, -0.25) is 4.79 Å². The first-order valence-electron chi connectivity index (χ1n) is 7.36. The van der Waals surface area contributed by atoms with Crippen molar-refractivity contribution in [2.45, 2.75) is 25.5 Å². The second-order valence-electron chi connectivity index (χ2n) is 5.59. The van der Waals surface area contributed by atoms with Gasteiger partial charge < -0.3 is 23.6 Å². The number of likely N-dealkylation sites (tertiary alicyclic amines) is 1. The van der Waals surface area contributed by atoms with Gasteiger partial charge in [-0.15, -0.1) is 0 Å². The van der Waals surface area contributed by atoms with Crippen molar-refractivity contribution in [2.75, 3.05) is 32.6 Å². The molecule has 0 spiro atoms. The van der Waals surface area contributed by atoms with Crippen LogP contribution in [0.2, 0.25) is 0 Å². The zero-order chi connectivity index (χ0) is 16.4. The van der Waals surface area contributed by atoms with Gasteiger partial charge in [-0.1, -0.05) is 5.16 Å². The lowest BCUT2D eigenvalue weighted by Crippen LogP contribution is -2.31. The largest absolute Gasteiger partial charge is 0.378 e. The van der Waals surface area contributed by atoms with E-state index in [2.05, 4.69) is 15.3 Å². The standard InChI is InChI=1S/C14H19N5O4/c1-18(2)14-15-12(23-17-14)11-5-4-6-19(11)13(20)9-7-22-16-10(9)8-21-3/h7,11H,4-6,8H2,1-3H3. The number of hydrogen-bond donors (Lipinski definition) is 0. The predicted molar refractivity (Wildman–Crippen MR) is 78.9 cm³/mol. The minimum absolute atomic E-state index is 0.162. The van der Waals surface area contributed by atoms with E-state index in [4.69, 9.17) is 13.8 Å². The van der Waals surface area contributed by atoms with Crippen molar-refractivity contribution in [3.05, 3.63) is 23.4 Å². The average molecular weight is 321 g/mol. The third-order valence-corrected chi connectivity index (χ3v) is 3.79. The summed E-state index contributed by atoms with van der Waals surface area (Å²) in [6.07, 6.45) is 3.01. The lowest BCUT2D eigenvalue weighted by molar-refractivity contribution is 0.0705. The normalized spacial score (nSPS) is 17.7. The minimum atomic E-state index is -0.228. The molecule has 23 heavy (non-hydrogen) atoms. The smallest absolute Gasteiger partial charge is 0.265 e. The maximum atomic E-state index is 12.8. The quantitative estimate of drug-likeness (QED) is 0.811. The van der Waals surface area contributed by atoms with E-state index in [1.165, 1.54) is 6.26 Å². The summed E-state index contributed by atoms with van der Waals surface area (Å²) in [5.74, 6) is 0.777. The highest BCUT2D eigenvalue weighted by Gasteiger charge is 2.36. The summed E-state index contributed by atoms with van der Waals surface area (Å²) in [4.78, 5) is 20.6. The molecule has 0 saturated carbocycles. The van der Waals surface area contributed by atoms with Crippen LogP contribution in [-0.4, -0.2) is 53.9 Å². The Morgan fingerprint density at radius 2 is 2.30 bits per heavy atom. The number of carbonyl (C=O) groups excluding carboxylic acids is 1. The fraction of sp³-hybridized carbons (Fsp3) is 0.571. The molecule has 0 aliphatic carbocycles. The van der Waals surface area contributed by atoms with Gasteiger partial charge in [0.25, 0.3) is 17.7 Å². The van der Waals surface area contributed by atoms with E-state index >= 15 is 0 Å². The molecular weight excluding hydrogens is 302 g/mol. The predicted octanol–water partition coefficient (Wildman–Crippen LogP) is 1.25. The van der Waals surface area contributed by atoms with Crippen LogP contribution in [0.3, 0.4) is 0 Å². The van der Waals surface area contributed by atoms with Gasteiger partial charge in [0.1, 0.15) is 23.6 Å². The van der Waals surface area contributed by atoms with Gasteiger partial charge in [0.2, 0.25) is 0 Å². The molecule has 1 amide bonds. The molecule has 1 atom stereocenters. The van der Waals surface area contributed by atoms with Gasteiger partial charge >= 0.3 is 0 Å². The van der Waals surface area contributed by atoms with E-state index in [1.54, 1.807) is 16.9 Å². The van der Waals surface area contributed by atoms with Gasteiger partial charge in [-0.2, -0.15) is 4.98 Å². The SMILES string of the molecule is COCc1nocc1C(=O)N1CCCC1c1nc(N(C)C)no1. The van der Waals surface area contributed by atoms with E-state index in [9.17, 15) is 4.79 Å². The summed E-state index contributed by atoms with van der Waals surface area (Å²) < 4.78 is 15.3. The molecule has 9 heteroatoms. The van der Waals surface area contributed by atoms with Gasteiger partial charge in [0.15, 0.2) is 0 Å². The molecule has 3 rings (SSSR count). The lowest BCUT2D eigenvalue weighted by atomic mass is 10.2. The van der Waals surface area contributed by atoms with Gasteiger partial charge in [0.05, 0.1) is 6.61 Å². The molecule has 0 bridgehead atoms. The Labute approximate surface area is 133 Å². The van der Waals surface area contributed by atoms with Gasteiger partial charge in [-0.25, -0.2) is 0 Å². The molecule has 9 nitrogen and oxygen atoms in total. The Morgan fingerprint density at radius 1 is 1.48 bits per heavy atom. The van der Waals surface area contributed by atoms with Crippen LogP contribution < -0.4 is 4.90 Å². The van der Waals surface area contributed by atoms with E-state index in [0.29, 0.717) is 29.6 Å². The van der Waals surface area contributed by atoms with E-state index in [0.717, 1.165) is 12.8 Å². The Morgan fingerprint density at radius 3 is 3.00 bits per heavy atom. The van der Waals surface area contributed by atoms with Crippen molar-refractivity contribution in [2.24, 2.45) is 0 Å². The molecule has 2 aromatic rings. The van der Waals surface area contributed by atoms with Crippen LogP contribution in [0.15, 0.2) is 15.3 Å². The van der Waals surface area contributed by atoms with Crippen molar-refractivity contribution >= 4 is 11.9 Å². The number of carbonyl (C=O) groups is 1. The molecule has 0 radical (unpaired) electrons. The first-order chi connectivity index (χ1) is 11.1. The maximum Gasteiger partial charge on any atom is 0.265 e. The molecule has 2 aromatic heterocycles. The minimum Gasteiger partial charge on any atom is -0.378 e. The second-order valence-corrected chi connectivity index (χ2v) is 5.59.